The Kier molecular flexibility index (Phi) is 63.7. The van der Waals surface area contributed by atoms with Crippen LogP contribution in [0.2, 0.25) is 0 Å². The van der Waals surface area contributed by atoms with Crippen LogP contribution in [-0.2, 0) is 4.79 Å². The van der Waals surface area contributed by atoms with Crippen LogP contribution in [0, 0.1) is 0 Å². The lowest BCUT2D eigenvalue weighted by atomic mass is 10.0. The largest absolute Gasteiger partial charge is 0.394 e. The number of hydrogen-bond donors (Lipinski definition) is 3. The molecule has 0 heterocycles. The van der Waals surface area contributed by atoms with Crippen LogP contribution in [0.15, 0.2) is 36.5 Å². The van der Waals surface area contributed by atoms with E-state index in [-0.39, 0.29) is 12.5 Å². The second kappa shape index (κ2) is 64.9. The maximum atomic E-state index is 12.5. The van der Waals surface area contributed by atoms with Crippen LogP contribution in [0.25, 0.3) is 0 Å². The molecule has 0 saturated carbocycles. The van der Waals surface area contributed by atoms with Crippen molar-refractivity contribution in [1.82, 2.24) is 5.32 Å². The molecule has 73 heavy (non-hydrogen) atoms. The summed E-state index contributed by atoms with van der Waals surface area (Å²) in [5.74, 6) is -0.0700. The van der Waals surface area contributed by atoms with E-state index in [9.17, 15) is 15.0 Å². The first-order valence-corrected chi connectivity index (χ1v) is 33.7. The molecule has 0 aromatic carbocycles. The summed E-state index contributed by atoms with van der Waals surface area (Å²) in [6, 6.07) is -0.645. The number of rotatable bonds is 63. The van der Waals surface area contributed by atoms with Gasteiger partial charge in [0.2, 0.25) is 5.91 Å². The van der Waals surface area contributed by atoms with Crippen molar-refractivity contribution in [3.63, 3.8) is 0 Å². The van der Waals surface area contributed by atoms with Crippen molar-refractivity contribution < 1.29 is 15.0 Å². The normalized spacial score (nSPS) is 12.9. The van der Waals surface area contributed by atoms with Crippen LogP contribution in [0.5, 0.6) is 0 Å². The van der Waals surface area contributed by atoms with Gasteiger partial charge in [-0.15, -0.1) is 0 Å². The van der Waals surface area contributed by atoms with Crippen molar-refractivity contribution in [2.45, 2.75) is 392 Å². The van der Waals surface area contributed by atoms with Crippen molar-refractivity contribution >= 4 is 5.91 Å². The Balaban J connectivity index is 3.43. The summed E-state index contributed by atoms with van der Waals surface area (Å²) < 4.78 is 0. The first-order chi connectivity index (χ1) is 36.2. The summed E-state index contributed by atoms with van der Waals surface area (Å²) in [4.78, 5) is 12.5. The molecule has 0 radical (unpaired) electrons. The second-order valence-electron chi connectivity index (χ2n) is 23.2. The van der Waals surface area contributed by atoms with Crippen molar-refractivity contribution in [3.05, 3.63) is 36.5 Å². The number of unbranched alkanes of at least 4 members (excludes halogenated alkanes) is 52. The predicted octanol–water partition coefficient (Wildman–Crippen LogP) is 22.8. The monoisotopic (exact) mass is 1020 g/mol. The maximum absolute atomic E-state index is 12.5. The van der Waals surface area contributed by atoms with E-state index in [1.807, 2.05) is 6.08 Å². The third-order valence-electron chi connectivity index (χ3n) is 15.9. The molecule has 4 heteroatoms. The van der Waals surface area contributed by atoms with Gasteiger partial charge in [-0.2, -0.15) is 0 Å². The highest BCUT2D eigenvalue weighted by Gasteiger charge is 2.18. The van der Waals surface area contributed by atoms with Gasteiger partial charge in [0.05, 0.1) is 18.8 Å². The highest BCUT2D eigenvalue weighted by molar-refractivity contribution is 5.76. The van der Waals surface area contributed by atoms with Gasteiger partial charge in [-0.25, -0.2) is 0 Å². The highest BCUT2D eigenvalue weighted by Crippen LogP contribution is 2.19. The number of aliphatic hydroxyl groups is 2. The molecule has 0 aromatic rings. The first-order valence-electron chi connectivity index (χ1n) is 33.7. The Morgan fingerprint density at radius 3 is 0.795 bits per heavy atom. The minimum absolute atomic E-state index is 0.0700. The van der Waals surface area contributed by atoms with Gasteiger partial charge in [-0.05, 0) is 44.9 Å². The average molecular weight is 1020 g/mol. The molecule has 0 spiro atoms. The van der Waals surface area contributed by atoms with Crippen LogP contribution in [0.3, 0.4) is 0 Å². The van der Waals surface area contributed by atoms with E-state index in [2.05, 4.69) is 43.5 Å². The quantitative estimate of drug-likeness (QED) is 0.0420. The SMILES string of the molecule is CCCCCCCCCCCCCCCC/C=C/CC/C=C/CC/C=C/C(O)C(CO)NC(=O)CCCCCCCCCCCCCCCCCCCCCCCCCCCCCCCCCCCCCCC. The number of aliphatic hydroxyl groups excluding tert-OH is 2. The molecule has 4 nitrogen and oxygen atoms in total. The van der Waals surface area contributed by atoms with E-state index in [0.29, 0.717) is 6.42 Å². The van der Waals surface area contributed by atoms with Crippen molar-refractivity contribution in [3.8, 4) is 0 Å². The summed E-state index contributed by atoms with van der Waals surface area (Å²) >= 11 is 0. The lowest BCUT2D eigenvalue weighted by Crippen LogP contribution is -2.45. The summed E-state index contributed by atoms with van der Waals surface area (Å²) in [5, 5.41) is 23.2. The zero-order valence-corrected chi connectivity index (χ0v) is 49.9. The lowest BCUT2D eigenvalue weighted by molar-refractivity contribution is -0.123. The summed E-state index contributed by atoms with van der Waals surface area (Å²) in [5.41, 5.74) is 0. The van der Waals surface area contributed by atoms with Gasteiger partial charge in [0.25, 0.3) is 0 Å². The van der Waals surface area contributed by atoms with Gasteiger partial charge < -0.3 is 15.5 Å². The Bertz CT molecular complexity index is 1110. The smallest absolute Gasteiger partial charge is 0.220 e. The Morgan fingerprint density at radius 1 is 0.315 bits per heavy atom. The molecule has 0 rings (SSSR count). The van der Waals surface area contributed by atoms with Gasteiger partial charge in [-0.3, -0.25) is 4.79 Å². The van der Waals surface area contributed by atoms with E-state index in [4.69, 9.17) is 0 Å². The molecule has 0 bridgehead atoms. The third-order valence-corrected chi connectivity index (χ3v) is 15.9. The van der Waals surface area contributed by atoms with Crippen LogP contribution < -0.4 is 5.32 Å². The Labute approximate surface area is 459 Å². The minimum atomic E-state index is -0.870. The van der Waals surface area contributed by atoms with Crippen LogP contribution in [-0.4, -0.2) is 34.9 Å². The number of nitrogens with one attached hydrogen (secondary N) is 1. The minimum Gasteiger partial charge on any atom is -0.394 e. The van der Waals surface area contributed by atoms with E-state index >= 15 is 0 Å². The van der Waals surface area contributed by atoms with E-state index < -0.39 is 12.1 Å². The zero-order valence-electron chi connectivity index (χ0n) is 49.9. The van der Waals surface area contributed by atoms with Gasteiger partial charge in [-0.1, -0.05) is 365 Å². The van der Waals surface area contributed by atoms with Gasteiger partial charge >= 0.3 is 0 Å². The van der Waals surface area contributed by atoms with Crippen LogP contribution >= 0.6 is 0 Å². The van der Waals surface area contributed by atoms with Crippen molar-refractivity contribution in [2.75, 3.05) is 6.61 Å². The van der Waals surface area contributed by atoms with E-state index in [1.54, 1.807) is 6.08 Å². The van der Waals surface area contributed by atoms with Crippen LogP contribution in [0.4, 0.5) is 0 Å². The summed E-state index contributed by atoms with van der Waals surface area (Å²) in [6.07, 6.45) is 89.5. The second-order valence-corrected chi connectivity index (χ2v) is 23.2. The topological polar surface area (TPSA) is 69.6 Å². The molecule has 0 aliphatic heterocycles. The maximum Gasteiger partial charge on any atom is 0.220 e. The fourth-order valence-corrected chi connectivity index (χ4v) is 10.7. The Morgan fingerprint density at radius 2 is 0.534 bits per heavy atom. The fraction of sp³-hybridized carbons (Fsp3) is 0.899. The molecule has 432 valence electrons. The molecule has 3 N–H and O–H groups in total. The molecule has 2 unspecified atom stereocenters. The number of allylic oxidation sites excluding steroid dienone is 5. The van der Waals surface area contributed by atoms with Crippen LogP contribution in [0.1, 0.15) is 380 Å². The molecular formula is C69H133NO3. The predicted molar refractivity (Wildman–Crippen MR) is 327 cm³/mol. The molecule has 2 atom stereocenters. The van der Waals surface area contributed by atoms with Gasteiger partial charge in [0.15, 0.2) is 0 Å². The lowest BCUT2D eigenvalue weighted by Gasteiger charge is -2.19. The molecule has 0 aliphatic rings. The number of carbonyl (C=O) groups excluding carboxylic acids is 1. The average Bonchev–Trinajstić information content (AvgIpc) is 3.40. The molecule has 0 aromatic heterocycles. The third kappa shape index (κ3) is 61.3. The molecular weight excluding hydrogens is 891 g/mol. The highest BCUT2D eigenvalue weighted by atomic mass is 16.3. The fourth-order valence-electron chi connectivity index (χ4n) is 10.7. The first kappa shape index (κ1) is 71.6. The number of hydrogen-bond acceptors (Lipinski definition) is 3. The van der Waals surface area contributed by atoms with E-state index in [0.717, 1.165) is 38.5 Å². The molecule has 0 aliphatic carbocycles. The number of amides is 1. The van der Waals surface area contributed by atoms with E-state index in [1.165, 1.54) is 321 Å². The summed E-state index contributed by atoms with van der Waals surface area (Å²) in [6.45, 7) is 4.34. The molecule has 1 amide bonds. The van der Waals surface area contributed by atoms with Crippen molar-refractivity contribution in [2.24, 2.45) is 0 Å². The molecule has 0 fully saturated rings. The van der Waals surface area contributed by atoms with Gasteiger partial charge in [0.1, 0.15) is 0 Å². The molecule has 0 saturated heterocycles. The zero-order chi connectivity index (χ0) is 52.7. The number of carbonyl (C=O) groups is 1. The Hall–Kier alpha value is -1.39. The summed E-state index contributed by atoms with van der Waals surface area (Å²) in [7, 11) is 0. The van der Waals surface area contributed by atoms with Gasteiger partial charge in [0, 0.05) is 6.42 Å². The standard InChI is InChI=1S/C69H133NO3/c1-3-5-7-9-11-13-15-17-19-21-23-25-27-29-30-31-32-33-34-35-36-37-38-39-40-41-43-45-47-49-51-53-55-57-59-61-63-65-69(73)70-67(66-71)68(72)64-62-60-58-56-54-52-50-48-46-44-42-28-26-24-22-20-18-16-14-12-10-8-6-4-2/h46,48,54,56,62,64,67-68,71-72H,3-45,47,49-53,55,57-61,63,65-66H2,1-2H3,(H,70,73)/b48-46+,56-54+,64-62+. The van der Waals surface area contributed by atoms with Crippen molar-refractivity contribution in [1.29, 1.82) is 0 Å².